The predicted molar refractivity (Wildman–Crippen MR) is 157 cm³/mol. The van der Waals surface area contributed by atoms with Crippen LogP contribution >= 0.6 is 0 Å². The van der Waals surface area contributed by atoms with Crippen molar-refractivity contribution in [3.63, 3.8) is 0 Å². The van der Waals surface area contributed by atoms with Crippen molar-refractivity contribution in [2.24, 2.45) is 0 Å². The topological polar surface area (TPSA) is 41.1 Å². The number of pyridine rings is 1. The zero-order valence-corrected chi connectivity index (χ0v) is 26.8. The van der Waals surface area contributed by atoms with Gasteiger partial charge >= 0.3 is 0 Å². The molecule has 4 aromatic rings. The molecule has 0 fully saturated rings. The van der Waals surface area contributed by atoms with E-state index in [2.05, 4.69) is 100 Å². The van der Waals surface area contributed by atoms with E-state index in [0.717, 1.165) is 35.6 Å². The number of benzene rings is 3. The molecule has 1 heterocycles. The molecule has 0 radical (unpaired) electrons. The molecule has 0 aliphatic heterocycles. The molecule has 0 saturated heterocycles. The summed E-state index contributed by atoms with van der Waals surface area (Å²) in [6, 6.07) is 27.4. The Morgan fingerprint density at radius 2 is 1.22 bits per heavy atom. The fraction of sp³-hybridized carbons (Fsp3) is 0.242. The fourth-order valence-corrected chi connectivity index (χ4v) is 4.42. The molecule has 4 heteroatoms. The number of rotatable bonds is 9. The number of hydrogen-bond donors (Lipinski definition) is 0. The summed E-state index contributed by atoms with van der Waals surface area (Å²) in [6.07, 6.45) is 1.97. The first-order valence-electron chi connectivity index (χ1n) is 12.2. The van der Waals surface area contributed by atoms with E-state index >= 15 is 0 Å². The summed E-state index contributed by atoms with van der Waals surface area (Å²) < 4.78 is 0. The Hall–Kier alpha value is -2.72. The smallest absolute Gasteiger partial charge is 0.0709 e. The van der Waals surface area contributed by atoms with Gasteiger partial charge in [-0.2, -0.15) is 0 Å². The summed E-state index contributed by atoms with van der Waals surface area (Å²) in [7, 11) is 0. The average molecular weight is 656 g/mol. The minimum absolute atomic E-state index is 0. The summed E-state index contributed by atoms with van der Waals surface area (Å²) in [5.74, 6) is 0. The summed E-state index contributed by atoms with van der Waals surface area (Å²) in [5.41, 5.74) is 11.5. The van der Waals surface area contributed by atoms with Crippen LogP contribution in [0.1, 0.15) is 47.4 Å². The largest absolute Gasteiger partial charge is 0.680 e. The maximum absolute atomic E-state index is 5.03. The molecule has 0 aliphatic rings. The van der Waals surface area contributed by atoms with Crippen molar-refractivity contribution >= 4 is 11.4 Å². The van der Waals surface area contributed by atoms with Crippen LogP contribution in [0.25, 0.3) is 21.9 Å². The molecule has 0 N–H and O–H groups in total. The van der Waals surface area contributed by atoms with Gasteiger partial charge in [-0.15, -0.1) is 17.9 Å². The second kappa shape index (κ2) is 15.5. The Kier molecular flexibility index (Phi) is 13.5. The monoisotopic (exact) mass is 657 g/mol. The van der Waals surface area contributed by atoms with Gasteiger partial charge < -0.3 is 25.5 Å². The van der Waals surface area contributed by atoms with Crippen molar-refractivity contribution in [2.75, 3.05) is 0 Å². The molecule has 0 bridgehead atoms. The second-order valence-electron chi connectivity index (χ2n) is 8.67. The number of hydrogen-bond acceptors (Lipinski definition) is 1. The zero-order chi connectivity index (χ0) is 23.9. The molecule has 0 amide bonds. The fourth-order valence-electron chi connectivity index (χ4n) is 4.42. The van der Waals surface area contributed by atoms with Crippen molar-refractivity contribution in [2.45, 2.75) is 53.6 Å². The van der Waals surface area contributed by atoms with Crippen LogP contribution in [0.15, 0.2) is 78.9 Å². The van der Waals surface area contributed by atoms with Crippen LogP contribution in [-0.2, 0) is 51.8 Å². The molecule has 194 valence electrons. The Morgan fingerprint density at radius 1 is 0.622 bits per heavy atom. The first-order valence-corrected chi connectivity index (χ1v) is 12.2. The van der Waals surface area contributed by atoms with Gasteiger partial charge in [0, 0.05) is 37.1 Å². The van der Waals surface area contributed by atoms with Crippen LogP contribution < -0.4 is 0 Å². The van der Waals surface area contributed by atoms with Gasteiger partial charge in [-0.1, -0.05) is 109 Å². The Morgan fingerprint density at radius 3 is 1.89 bits per heavy atom. The normalized spacial score (nSPS) is 9.95. The summed E-state index contributed by atoms with van der Waals surface area (Å²) in [5, 5.41) is 9.90. The number of nitrogens with zero attached hydrogens (tertiary/aromatic N) is 3. The molecule has 0 spiro atoms. The van der Waals surface area contributed by atoms with Crippen LogP contribution in [0.3, 0.4) is 0 Å². The molecule has 0 aliphatic carbocycles. The number of para-hydroxylation sites is 2. The van der Waals surface area contributed by atoms with Crippen molar-refractivity contribution in [3.8, 4) is 11.3 Å². The Balaban J connectivity index is 0.00000228. The van der Waals surface area contributed by atoms with Gasteiger partial charge in [0.1, 0.15) is 0 Å². The Labute approximate surface area is 243 Å². The first kappa shape index (κ1) is 32.3. The van der Waals surface area contributed by atoms with Gasteiger partial charge in [-0.25, -0.2) is 0 Å². The molecule has 37 heavy (non-hydrogen) atoms. The van der Waals surface area contributed by atoms with E-state index < -0.39 is 0 Å². The van der Waals surface area contributed by atoms with Crippen molar-refractivity contribution < 1.29 is 25.8 Å². The molecule has 0 atom stereocenters. The SMILES string of the molecule is CCc1cccc(CC)c1[N-]Cc1cccc(-c2c(C)cccc2C[N-]c2ccccc2C)n1.[CH3-].[CH3-].[Hf]. The van der Waals surface area contributed by atoms with E-state index in [-0.39, 0.29) is 40.7 Å². The van der Waals surface area contributed by atoms with E-state index in [9.17, 15) is 0 Å². The molecule has 0 unspecified atom stereocenters. The standard InChI is InChI=1S/C31H33N3.2CH3.Hf/c1-5-24-14-10-15-25(6-2)31(24)33-21-27-17-11-19-29(34-27)30-23(4)13-9-16-26(30)20-32-28-18-8-7-12-22(28)3;;;/h7-19H,5-6,20-21H2,1-4H3;2*1H3;/q-2;2*-1;. The van der Waals surface area contributed by atoms with Crippen LogP contribution in [-0.4, -0.2) is 4.98 Å². The first-order chi connectivity index (χ1) is 16.6. The van der Waals surface area contributed by atoms with Gasteiger partial charge in [0.25, 0.3) is 0 Å². The third kappa shape index (κ3) is 7.88. The van der Waals surface area contributed by atoms with E-state index in [4.69, 9.17) is 15.6 Å². The molecule has 3 nitrogen and oxygen atoms in total. The van der Waals surface area contributed by atoms with E-state index in [1.807, 2.05) is 6.07 Å². The Bertz CT molecular complexity index is 1240. The quantitative estimate of drug-likeness (QED) is 0.131. The molecule has 1 aromatic heterocycles. The third-order valence-corrected chi connectivity index (χ3v) is 6.32. The van der Waals surface area contributed by atoms with E-state index in [0.29, 0.717) is 13.1 Å². The van der Waals surface area contributed by atoms with Gasteiger partial charge in [0.05, 0.1) is 5.69 Å². The van der Waals surface area contributed by atoms with Crippen LogP contribution in [0.4, 0.5) is 11.4 Å². The summed E-state index contributed by atoms with van der Waals surface area (Å²) in [6.45, 7) is 9.83. The van der Waals surface area contributed by atoms with Gasteiger partial charge in [0.15, 0.2) is 0 Å². The molecular weight excluding hydrogens is 617 g/mol. The van der Waals surface area contributed by atoms with Crippen molar-refractivity contribution in [1.29, 1.82) is 0 Å². The maximum Gasteiger partial charge on any atom is 0.0709 e. The van der Waals surface area contributed by atoms with Gasteiger partial charge in [-0.05, 0) is 44.4 Å². The number of aromatic nitrogens is 1. The summed E-state index contributed by atoms with van der Waals surface area (Å²) >= 11 is 0. The van der Waals surface area contributed by atoms with Crippen LogP contribution in [0.5, 0.6) is 0 Å². The minimum atomic E-state index is 0. The van der Waals surface area contributed by atoms with E-state index in [1.165, 1.54) is 33.4 Å². The third-order valence-electron chi connectivity index (χ3n) is 6.32. The zero-order valence-electron chi connectivity index (χ0n) is 23.2. The van der Waals surface area contributed by atoms with E-state index in [1.54, 1.807) is 0 Å². The molecular formula is C33H39HfN3-4. The van der Waals surface area contributed by atoms with Crippen LogP contribution in [0, 0.1) is 28.7 Å². The molecule has 4 rings (SSSR count). The maximum atomic E-state index is 5.03. The van der Waals surface area contributed by atoms with Gasteiger partial charge in [0.2, 0.25) is 0 Å². The summed E-state index contributed by atoms with van der Waals surface area (Å²) in [4.78, 5) is 5.03. The minimum Gasteiger partial charge on any atom is -0.680 e. The van der Waals surface area contributed by atoms with Crippen molar-refractivity contribution in [1.82, 2.24) is 4.98 Å². The average Bonchev–Trinajstić information content (AvgIpc) is 2.87. The van der Waals surface area contributed by atoms with Gasteiger partial charge in [-0.3, -0.25) is 4.98 Å². The van der Waals surface area contributed by atoms with Crippen LogP contribution in [0.2, 0.25) is 0 Å². The second-order valence-corrected chi connectivity index (χ2v) is 8.67. The molecule has 3 aromatic carbocycles. The van der Waals surface area contributed by atoms with Crippen molar-refractivity contribution in [3.05, 3.63) is 138 Å². The molecule has 0 saturated carbocycles. The predicted octanol–water partition coefficient (Wildman–Crippen LogP) is 9.80. The number of aryl methyl sites for hydroxylation is 4.